The number of nitrogens with zero attached hydrogens (tertiary/aromatic N) is 1. The fraction of sp³-hybridized carbons (Fsp3) is 0.500. The van der Waals surface area contributed by atoms with E-state index in [2.05, 4.69) is 4.98 Å². The van der Waals surface area contributed by atoms with Gasteiger partial charge in [-0.25, -0.2) is 4.98 Å². The summed E-state index contributed by atoms with van der Waals surface area (Å²) in [5.41, 5.74) is 7.15. The number of rotatable bonds is 2. The normalized spacial score (nSPS) is 21.2. The van der Waals surface area contributed by atoms with Crippen LogP contribution in [0.2, 0.25) is 0 Å². The molecule has 0 spiro atoms. The molecule has 0 aromatic carbocycles. The van der Waals surface area contributed by atoms with Crippen molar-refractivity contribution >= 4 is 19.0 Å². The fourth-order valence-corrected chi connectivity index (χ4v) is 1.89. The smallest absolute Gasteiger partial charge is 0.400 e. The van der Waals surface area contributed by atoms with Crippen LogP contribution in [0.1, 0.15) is 38.8 Å². The molecule has 0 amide bonds. The Balaban J connectivity index is 2.15. The zero-order valence-corrected chi connectivity index (χ0v) is 12.2. The summed E-state index contributed by atoms with van der Waals surface area (Å²) in [6, 6.07) is 1.99. The van der Waals surface area contributed by atoms with Gasteiger partial charge in [0, 0.05) is 11.8 Å². The summed E-state index contributed by atoms with van der Waals surface area (Å²) in [4.78, 5) is 4.13. The van der Waals surface area contributed by atoms with Crippen LogP contribution >= 0.6 is 0 Å². The molecule has 1 aromatic rings. The second-order valence-electron chi connectivity index (χ2n) is 5.97. The Kier molecular flexibility index (Phi) is 3.45. The molecule has 0 radical (unpaired) electrons. The molecule has 1 saturated heterocycles. The summed E-state index contributed by atoms with van der Waals surface area (Å²) in [6.45, 7) is 10.1. The van der Waals surface area contributed by atoms with Gasteiger partial charge in [0.2, 0.25) is 0 Å². The molecule has 2 heterocycles. The van der Waals surface area contributed by atoms with Gasteiger partial charge in [0.25, 0.3) is 0 Å². The minimum Gasteiger partial charge on any atom is -0.400 e. The largest absolute Gasteiger partial charge is 0.487 e. The van der Waals surface area contributed by atoms with Gasteiger partial charge in [0.1, 0.15) is 5.82 Å². The van der Waals surface area contributed by atoms with Crippen LogP contribution in [0.3, 0.4) is 0 Å². The molecular formula is C14H21BN2O2. The molecular weight excluding hydrogens is 239 g/mol. The van der Waals surface area contributed by atoms with Crippen molar-refractivity contribution in [1.82, 2.24) is 4.98 Å². The van der Waals surface area contributed by atoms with E-state index in [4.69, 9.17) is 15.0 Å². The predicted octanol–water partition coefficient (Wildman–Crippen LogP) is 2.62. The minimum atomic E-state index is -0.357. The van der Waals surface area contributed by atoms with E-state index >= 15 is 0 Å². The molecule has 0 aliphatic carbocycles. The molecule has 0 saturated carbocycles. The lowest BCUT2D eigenvalue weighted by Crippen LogP contribution is -2.41. The monoisotopic (exact) mass is 260 g/mol. The third kappa shape index (κ3) is 2.82. The van der Waals surface area contributed by atoms with Crippen molar-refractivity contribution in [2.24, 2.45) is 0 Å². The molecule has 0 bridgehead atoms. The van der Waals surface area contributed by atoms with E-state index < -0.39 is 0 Å². The summed E-state index contributed by atoms with van der Waals surface area (Å²) < 4.78 is 11.8. The minimum absolute atomic E-state index is 0.321. The first kappa shape index (κ1) is 14.1. The number of hydrogen-bond donors (Lipinski definition) is 1. The van der Waals surface area contributed by atoms with Crippen molar-refractivity contribution in [2.45, 2.75) is 45.8 Å². The number of hydrogen-bond acceptors (Lipinski definition) is 4. The maximum Gasteiger partial charge on any atom is 0.487 e. The number of aryl methyl sites for hydroxylation is 1. The van der Waals surface area contributed by atoms with Crippen LogP contribution in [0.4, 0.5) is 5.82 Å². The van der Waals surface area contributed by atoms with Crippen molar-refractivity contribution in [3.63, 3.8) is 0 Å². The van der Waals surface area contributed by atoms with Crippen molar-refractivity contribution in [2.75, 3.05) is 5.73 Å². The first-order valence-electron chi connectivity index (χ1n) is 6.47. The molecule has 1 aromatic heterocycles. The summed E-state index contributed by atoms with van der Waals surface area (Å²) in [5.74, 6) is 2.39. The number of nitrogen functional groups attached to an aromatic ring is 1. The molecule has 0 atom stereocenters. The SMILES string of the molecule is Cc1cnc(N)c(/C=C/B2OC(C)(C)C(C)(C)O2)c1. The van der Waals surface area contributed by atoms with Crippen molar-refractivity contribution < 1.29 is 9.31 Å². The first-order valence-corrected chi connectivity index (χ1v) is 6.47. The Labute approximate surface area is 115 Å². The summed E-state index contributed by atoms with van der Waals surface area (Å²) >= 11 is 0. The Bertz CT molecular complexity index is 496. The molecule has 5 heteroatoms. The van der Waals surface area contributed by atoms with Crippen LogP contribution < -0.4 is 5.73 Å². The van der Waals surface area contributed by atoms with Crippen LogP contribution in [0, 0.1) is 6.92 Å². The van der Waals surface area contributed by atoms with Gasteiger partial charge < -0.3 is 15.0 Å². The maximum absolute atomic E-state index is 5.89. The van der Waals surface area contributed by atoms with Gasteiger partial charge in [-0.05, 0) is 46.2 Å². The highest BCUT2D eigenvalue weighted by atomic mass is 16.7. The third-order valence-corrected chi connectivity index (χ3v) is 3.79. The fourth-order valence-electron chi connectivity index (χ4n) is 1.89. The molecule has 4 nitrogen and oxygen atoms in total. The van der Waals surface area contributed by atoms with E-state index in [1.54, 1.807) is 6.20 Å². The summed E-state index contributed by atoms with van der Waals surface area (Å²) in [7, 11) is -0.357. The number of anilines is 1. The topological polar surface area (TPSA) is 57.4 Å². The third-order valence-electron chi connectivity index (χ3n) is 3.79. The van der Waals surface area contributed by atoms with Gasteiger partial charge in [0.15, 0.2) is 0 Å². The lowest BCUT2D eigenvalue weighted by atomic mass is 9.89. The Morgan fingerprint density at radius 2 is 1.79 bits per heavy atom. The lowest BCUT2D eigenvalue weighted by Gasteiger charge is -2.32. The average molecular weight is 260 g/mol. The quantitative estimate of drug-likeness (QED) is 0.830. The lowest BCUT2D eigenvalue weighted by molar-refractivity contribution is 0.00578. The second kappa shape index (κ2) is 4.65. The van der Waals surface area contributed by atoms with Crippen LogP contribution in [0.15, 0.2) is 18.2 Å². The zero-order chi connectivity index (χ0) is 14.3. The van der Waals surface area contributed by atoms with Crippen LogP contribution in [0.5, 0.6) is 0 Å². The Hall–Kier alpha value is -1.33. The predicted molar refractivity (Wildman–Crippen MR) is 78.5 cm³/mol. The van der Waals surface area contributed by atoms with E-state index in [1.807, 2.05) is 52.7 Å². The number of aromatic nitrogens is 1. The maximum atomic E-state index is 5.89. The van der Waals surface area contributed by atoms with Crippen molar-refractivity contribution in [3.8, 4) is 0 Å². The van der Waals surface area contributed by atoms with E-state index in [9.17, 15) is 0 Å². The standard InChI is InChI=1S/C14H21BN2O2/c1-10-8-11(12(16)17-9-10)6-7-15-18-13(2,3)14(4,5)19-15/h6-9H,1-5H3,(H2,16,17)/b7-6+. The zero-order valence-electron chi connectivity index (χ0n) is 12.2. The van der Waals surface area contributed by atoms with E-state index in [0.29, 0.717) is 5.82 Å². The van der Waals surface area contributed by atoms with Crippen LogP contribution in [-0.4, -0.2) is 23.3 Å². The Morgan fingerprint density at radius 3 is 2.37 bits per heavy atom. The highest BCUT2D eigenvalue weighted by Crippen LogP contribution is 2.37. The molecule has 1 aliphatic rings. The number of nitrogens with two attached hydrogens (primary N) is 1. The van der Waals surface area contributed by atoms with Gasteiger partial charge >= 0.3 is 7.12 Å². The van der Waals surface area contributed by atoms with Gasteiger partial charge in [0.05, 0.1) is 11.2 Å². The van der Waals surface area contributed by atoms with Crippen LogP contribution in [0.25, 0.3) is 6.08 Å². The van der Waals surface area contributed by atoms with Gasteiger partial charge in [-0.3, -0.25) is 0 Å². The van der Waals surface area contributed by atoms with Gasteiger partial charge in [-0.15, -0.1) is 0 Å². The summed E-state index contributed by atoms with van der Waals surface area (Å²) in [6.07, 6.45) is 3.65. The molecule has 19 heavy (non-hydrogen) atoms. The molecule has 0 unspecified atom stereocenters. The first-order chi connectivity index (χ1) is 8.71. The van der Waals surface area contributed by atoms with Crippen molar-refractivity contribution in [3.05, 3.63) is 29.4 Å². The molecule has 1 aliphatic heterocycles. The number of pyridine rings is 1. The highest BCUT2D eigenvalue weighted by molar-refractivity contribution is 6.52. The molecule has 1 fully saturated rings. The Morgan fingerprint density at radius 1 is 1.21 bits per heavy atom. The van der Waals surface area contributed by atoms with E-state index in [0.717, 1.165) is 11.1 Å². The second-order valence-corrected chi connectivity index (χ2v) is 5.97. The molecule has 102 valence electrons. The van der Waals surface area contributed by atoms with Gasteiger partial charge in [-0.1, -0.05) is 12.1 Å². The van der Waals surface area contributed by atoms with Gasteiger partial charge in [-0.2, -0.15) is 0 Å². The molecule has 2 rings (SSSR count). The van der Waals surface area contributed by atoms with Crippen molar-refractivity contribution in [1.29, 1.82) is 0 Å². The van der Waals surface area contributed by atoms with Crippen LogP contribution in [-0.2, 0) is 9.31 Å². The van der Waals surface area contributed by atoms with E-state index in [-0.39, 0.29) is 18.3 Å². The molecule has 2 N–H and O–H groups in total. The average Bonchev–Trinajstić information content (AvgIpc) is 2.49. The highest BCUT2D eigenvalue weighted by Gasteiger charge is 2.49. The summed E-state index contributed by atoms with van der Waals surface area (Å²) in [5, 5.41) is 0. The van der Waals surface area contributed by atoms with E-state index in [1.165, 1.54) is 0 Å².